The van der Waals surface area contributed by atoms with E-state index in [1.54, 1.807) is 24.3 Å². The van der Waals surface area contributed by atoms with Crippen molar-refractivity contribution >= 4 is 35.0 Å². The van der Waals surface area contributed by atoms with Crippen molar-refractivity contribution in [3.63, 3.8) is 0 Å². The average Bonchev–Trinajstić information content (AvgIpc) is 2.62. The smallest absolute Gasteiger partial charge is 0.338 e. The van der Waals surface area contributed by atoms with E-state index in [0.29, 0.717) is 17.8 Å². The summed E-state index contributed by atoms with van der Waals surface area (Å²) in [7, 11) is 0. The molecule has 2 aromatic rings. The second kappa shape index (κ2) is 8.27. The van der Waals surface area contributed by atoms with Gasteiger partial charge in [-0.25, -0.2) is 4.79 Å². The van der Waals surface area contributed by atoms with Gasteiger partial charge in [-0.1, -0.05) is 12.1 Å². The minimum absolute atomic E-state index is 0.0794. The fraction of sp³-hybridized carbons (Fsp3) is 0.300. The molecular weight excluding hydrogens is 348 g/mol. The quantitative estimate of drug-likeness (QED) is 0.811. The second-order valence-corrected chi connectivity index (χ2v) is 7.45. The number of hydrogen-bond donors (Lipinski definition) is 1. The Morgan fingerprint density at radius 1 is 1.15 bits per heavy atom. The summed E-state index contributed by atoms with van der Waals surface area (Å²) in [6, 6.07) is 14.9. The maximum absolute atomic E-state index is 12.4. The zero-order chi connectivity index (χ0) is 18.5. The van der Waals surface area contributed by atoms with Crippen molar-refractivity contribution in [1.82, 2.24) is 0 Å². The highest BCUT2D eigenvalue weighted by molar-refractivity contribution is 7.99. The third-order valence-corrected chi connectivity index (χ3v) is 4.95. The lowest BCUT2D eigenvalue weighted by atomic mass is 10.2. The maximum atomic E-state index is 12.4. The van der Waals surface area contributed by atoms with Crippen LogP contribution in [0.3, 0.4) is 0 Å². The summed E-state index contributed by atoms with van der Waals surface area (Å²) in [6.07, 6.45) is -0.160. The highest BCUT2D eigenvalue weighted by atomic mass is 32.2. The molecule has 26 heavy (non-hydrogen) atoms. The normalized spacial score (nSPS) is 13.3. The van der Waals surface area contributed by atoms with Crippen LogP contribution in [0.5, 0.6) is 0 Å². The first-order valence-corrected chi connectivity index (χ1v) is 9.59. The Balaban J connectivity index is 1.60. The van der Waals surface area contributed by atoms with Gasteiger partial charge in [0.1, 0.15) is 0 Å². The molecule has 0 atom stereocenters. The van der Waals surface area contributed by atoms with Gasteiger partial charge in [0.05, 0.1) is 23.9 Å². The molecule has 0 saturated heterocycles. The van der Waals surface area contributed by atoms with Crippen molar-refractivity contribution in [2.75, 3.05) is 29.1 Å². The number of fused-ring (bicyclic) bond motifs is 1. The highest BCUT2D eigenvalue weighted by Gasteiger charge is 2.19. The number of benzene rings is 2. The predicted octanol–water partition coefficient (Wildman–Crippen LogP) is 3.80. The van der Waals surface area contributed by atoms with Crippen molar-refractivity contribution in [1.29, 1.82) is 0 Å². The van der Waals surface area contributed by atoms with Crippen LogP contribution in [-0.2, 0) is 9.53 Å². The van der Waals surface area contributed by atoms with E-state index in [-0.39, 0.29) is 18.0 Å². The lowest BCUT2D eigenvalue weighted by Crippen LogP contribution is -2.36. The van der Waals surface area contributed by atoms with Gasteiger partial charge in [0.15, 0.2) is 0 Å². The predicted molar refractivity (Wildman–Crippen MR) is 105 cm³/mol. The number of esters is 1. The Morgan fingerprint density at radius 2 is 1.88 bits per heavy atom. The molecular formula is C20H22N2O3S. The molecule has 0 radical (unpaired) electrons. The van der Waals surface area contributed by atoms with Gasteiger partial charge in [-0.15, -0.1) is 11.8 Å². The third kappa shape index (κ3) is 4.58. The molecule has 0 unspecified atom stereocenters. The molecule has 1 aliphatic rings. The Bertz CT molecular complexity index is 790. The molecule has 136 valence electrons. The molecule has 0 spiro atoms. The number of nitrogens with one attached hydrogen (secondary N) is 1. The number of thioether (sulfide) groups is 1. The number of ether oxygens (including phenoxy) is 1. The standard InChI is InChI=1S/C20H22N2O3S/c1-14(2)25-20(24)15-7-9-16(10-8-15)21-19(23)13-22-11-12-26-18-6-4-3-5-17(18)22/h3-10,14H,11-13H2,1-2H3,(H,21,23). The van der Waals surface area contributed by atoms with E-state index in [1.165, 1.54) is 4.90 Å². The van der Waals surface area contributed by atoms with Gasteiger partial charge >= 0.3 is 5.97 Å². The van der Waals surface area contributed by atoms with E-state index in [9.17, 15) is 9.59 Å². The molecule has 1 amide bonds. The molecule has 0 saturated carbocycles. The van der Waals surface area contributed by atoms with Gasteiger partial charge in [0.2, 0.25) is 5.91 Å². The number of hydrogen-bond acceptors (Lipinski definition) is 5. The van der Waals surface area contributed by atoms with E-state index in [2.05, 4.69) is 16.3 Å². The number of nitrogens with zero attached hydrogens (tertiary/aromatic N) is 1. The molecule has 2 aromatic carbocycles. The van der Waals surface area contributed by atoms with Crippen molar-refractivity contribution in [3.05, 3.63) is 54.1 Å². The molecule has 1 aliphatic heterocycles. The van der Waals surface area contributed by atoms with Crippen LogP contribution < -0.4 is 10.2 Å². The van der Waals surface area contributed by atoms with E-state index >= 15 is 0 Å². The zero-order valence-electron chi connectivity index (χ0n) is 14.9. The number of amides is 1. The minimum Gasteiger partial charge on any atom is -0.459 e. The summed E-state index contributed by atoms with van der Waals surface area (Å²) in [5.41, 5.74) is 2.24. The Hall–Kier alpha value is -2.47. The summed E-state index contributed by atoms with van der Waals surface area (Å²) >= 11 is 1.81. The van der Waals surface area contributed by atoms with Gasteiger partial charge in [-0.3, -0.25) is 4.79 Å². The molecule has 0 aliphatic carbocycles. The number of carbonyl (C=O) groups excluding carboxylic acids is 2. The molecule has 0 fully saturated rings. The Kier molecular flexibility index (Phi) is 5.83. The van der Waals surface area contributed by atoms with Gasteiger partial charge in [-0.2, -0.15) is 0 Å². The van der Waals surface area contributed by atoms with Gasteiger partial charge in [-0.05, 0) is 50.2 Å². The lowest BCUT2D eigenvalue weighted by Gasteiger charge is -2.30. The van der Waals surface area contributed by atoms with Gasteiger partial charge < -0.3 is 15.0 Å². The number of anilines is 2. The largest absolute Gasteiger partial charge is 0.459 e. The van der Waals surface area contributed by atoms with Crippen LogP contribution in [0.1, 0.15) is 24.2 Å². The lowest BCUT2D eigenvalue weighted by molar-refractivity contribution is -0.115. The molecule has 3 rings (SSSR count). The fourth-order valence-electron chi connectivity index (χ4n) is 2.74. The zero-order valence-corrected chi connectivity index (χ0v) is 15.7. The SMILES string of the molecule is CC(C)OC(=O)c1ccc(NC(=O)CN2CCSc3ccccc32)cc1. The van der Waals surface area contributed by atoms with Crippen LogP contribution in [0.15, 0.2) is 53.4 Å². The molecule has 1 heterocycles. The van der Waals surface area contributed by atoms with E-state index in [4.69, 9.17) is 4.74 Å². The summed E-state index contributed by atoms with van der Waals surface area (Å²) < 4.78 is 5.16. The topological polar surface area (TPSA) is 58.6 Å². The van der Waals surface area contributed by atoms with Gasteiger partial charge in [0, 0.05) is 22.9 Å². The van der Waals surface area contributed by atoms with Crippen LogP contribution in [0.25, 0.3) is 0 Å². The van der Waals surface area contributed by atoms with Crippen LogP contribution in [0.4, 0.5) is 11.4 Å². The van der Waals surface area contributed by atoms with Crippen molar-refractivity contribution < 1.29 is 14.3 Å². The Morgan fingerprint density at radius 3 is 2.62 bits per heavy atom. The molecule has 5 nitrogen and oxygen atoms in total. The summed E-state index contributed by atoms with van der Waals surface area (Å²) in [6.45, 7) is 4.76. The summed E-state index contributed by atoms with van der Waals surface area (Å²) in [4.78, 5) is 27.6. The minimum atomic E-state index is -0.361. The monoisotopic (exact) mass is 370 g/mol. The van der Waals surface area contributed by atoms with Crippen molar-refractivity contribution in [2.45, 2.75) is 24.8 Å². The molecule has 0 aromatic heterocycles. The maximum Gasteiger partial charge on any atom is 0.338 e. The van der Waals surface area contributed by atoms with E-state index in [0.717, 1.165) is 18.0 Å². The van der Waals surface area contributed by atoms with Crippen molar-refractivity contribution in [3.8, 4) is 0 Å². The number of para-hydroxylation sites is 1. The van der Waals surface area contributed by atoms with Crippen molar-refractivity contribution in [2.24, 2.45) is 0 Å². The van der Waals surface area contributed by atoms with E-state index < -0.39 is 0 Å². The van der Waals surface area contributed by atoms with Crippen LogP contribution in [0, 0.1) is 0 Å². The van der Waals surface area contributed by atoms with Crippen LogP contribution in [0.2, 0.25) is 0 Å². The molecule has 6 heteroatoms. The fourth-order valence-corrected chi connectivity index (χ4v) is 3.79. The first kappa shape index (κ1) is 18.3. The molecule has 0 bridgehead atoms. The van der Waals surface area contributed by atoms with Gasteiger partial charge in [0.25, 0.3) is 0 Å². The van der Waals surface area contributed by atoms with Crippen LogP contribution >= 0.6 is 11.8 Å². The summed E-state index contributed by atoms with van der Waals surface area (Å²) in [5.74, 6) is 0.529. The number of carbonyl (C=O) groups is 2. The highest BCUT2D eigenvalue weighted by Crippen LogP contribution is 2.34. The van der Waals surface area contributed by atoms with E-state index in [1.807, 2.05) is 43.8 Å². The third-order valence-electron chi connectivity index (χ3n) is 3.91. The summed E-state index contributed by atoms with van der Waals surface area (Å²) in [5, 5.41) is 2.89. The second-order valence-electron chi connectivity index (χ2n) is 6.32. The molecule has 1 N–H and O–H groups in total. The average molecular weight is 370 g/mol. The Labute approximate surface area is 157 Å². The number of rotatable bonds is 5. The van der Waals surface area contributed by atoms with Crippen LogP contribution in [-0.4, -0.2) is 36.8 Å². The first-order chi connectivity index (χ1) is 12.5. The first-order valence-electron chi connectivity index (χ1n) is 8.60.